The Hall–Kier alpha value is -4.28. The molecular formula is C30H35FN6O5S. The fraction of sp³-hybridized carbons (Fsp3) is 0.433. The summed E-state index contributed by atoms with van der Waals surface area (Å²) in [4.78, 5) is 42.6. The van der Waals surface area contributed by atoms with Crippen molar-refractivity contribution in [3.63, 3.8) is 0 Å². The van der Waals surface area contributed by atoms with Crippen LogP contribution < -0.4 is 16.6 Å². The van der Waals surface area contributed by atoms with Crippen LogP contribution in [0.5, 0.6) is 5.75 Å². The van der Waals surface area contributed by atoms with Crippen molar-refractivity contribution >= 4 is 27.5 Å². The van der Waals surface area contributed by atoms with E-state index in [9.17, 15) is 23.9 Å². The highest BCUT2D eigenvalue weighted by Gasteiger charge is 2.39. The van der Waals surface area contributed by atoms with Crippen LogP contribution in [0.4, 0.5) is 4.39 Å². The Kier molecular flexibility index (Phi) is 9.52. The molecule has 43 heavy (non-hydrogen) atoms. The van der Waals surface area contributed by atoms with Crippen molar-refractivity contribution in [1.29, 1.82) is 5.26 Å². The van der Waals surface area contributed by atoms with E-state index >= 15 is 0 Å². The third kappa shape index (κ3) is 5.98. The molecule has 3 aromatic heterocycles. The minimum atomic E-state index is -1.55. The van der Waals surface area contributed by atoms with Crippen molar-refractivity contribution in [2.75, 3.05) is 6.61 Å². The lowest BCUT2D eigenvalue weighted by Gasteiger charge is -2.31. The van der Waals surface area contributed by atoms with Gasteiger partial charge in [0.05, 0.1) is 31.0 Å². The number of aromatic hydroxyl groups is 1. The van der Waals surface area contributed by atoms with Crippen LogP contribution in [0.15, 0.2) is 46.2 Å². The molecule has 0 spiro atoms. The minimum Gasteiger partial charge on any atom is -0.508 e. The van der Waals surface area contributed by atoms with Gasteiger partial charge in [-0.25, -0.2) is 18.4 Å². The molecule has 2 N–H and O–H groups in total. The number of nitrogens with one attached hydrogen (secondary N) is 1. The normalized spacial score (nSPS) is 14.3. The molecule has 13 heteroatoms. The molecular weight excluding hydrogens is 575 g/mol. The van der Waals surface area contributed by atoms with Gasteiger partial charge < -0.3 is 15.2 Å². The summed E-state index contributed by atoms with van der Waals surface area (Å²) in [5.41, 5.74) is -2.30. The van der Waals surface area contributed by atoms with Crippen molar-refractivity contribution in [3.8, 4) is 16.8 Å². The highest BCUT2D eigenvalue weighted by molar-refractivity contribution is 7.21. The van der Waals surface area contributed by atoms with Gasteiger partial charge in [-0.3, -0.25) is 14.2 Å². The molecule has 1 aromatic carbocycles. The lowest BCUT2D eigenvalue weighted by Crippen LogP contribution is -2.58. The van der Waals surface area contributed by atoms with Crippen LogP contribution in [0.1, 0.15) is 64.2 Å². The van der Waals surface area contributed by atoms with Gasteiger partial charge in [-0.1, -0.05) is 25.2 Å². The van der Waals surface area contributed by atoms with Gasteiger partial charge in [0.1, 0.15) is 33.0 Å². The first kappa shape index (κ1) is 31.7. The van der Waals surface area contributed by atoms with E-state index in [2.05, 4.69) is 10.4 Å². The van der Waals surface area contributed by atoms with E-state index < -0.39 is 34.6 Å². The third-order valence-electron chi connectivity index (χ3n) is 7.78. The van der Waals surface area contributed by atoms with E-state index in [0.717, 1.165) is 28.0 Å². The number of nitrogens with zero attached hydrogens (tertiary/aromatic N) is 5. The number of benzene rings is 1. The molecule has 228 valence electrons. The Morgan fingerprint density at radius 2 is 2.07 bits per heavy atom. The molecule has 0 radical (unpaired) electrons. The van der Waals surface area contributed by atoms with Crippen LogP contribution in [0, 0.1) is 24.1 Å². The van der Waals surface area contributed by atoms with E-state index in [1.165, 1.54) is 10.6 Å². The molecule has 11 nitrogen and oxygen atoms in total. The summed E-state index contributed by atoms with van der Waals surface area (Å²) >= 11 is 1.16. The highest BCUT2D eigenvalue weighted by Crippen LogP contribution is 2.34. The fourth-order valence-corrected chi connectivity index (χ4v) is 6.12. The molecule has 4 rings (SSSR count). The fourth-order valence-electron chi connectivity index (χ4n) is 4.88. The smallest absolute Gasteiger partial charge is 0.333 e. The number of carbonyl (C=O) groups excluding carboxylic acids is 1. The van der Waals surface area contributed by atoms with Gasteiger partial charge in [0.15, 0.2) is 0 Å². The molecule has 4 aromatic rings. The van der Waals surface area contributed by atoms with Crippen molar-refractivity contribution in [2.45, 2.75) is 78.1 Å². The van der Waals surface area contributed by atoms with Crippen LogP contribution in [0.3, 0.4) is 0 Å². The molecule has 3 atom stereocenters. The van der Waals surface area contributed by atoms with Gasteiger partial charge in [-0.15, -0.1) is 0 Å². The standard InChI is InChI=1S/C30H35FN6O5S/c1-6-18(3)34-28(40)30(5,7-2)37-25(39)24-19(4)26(36-14-9-13-33-36)43-27(24)35(29(37)41)17-23(42-15-8-12-32)21-16-20(31)10-11-22(21)38/h9-11,13-14,16,18,23,38H,6-8,15,17H2,1-5H3,(H,34,40)/t18?,23-,30?/m0/s1. The van der Waals surface area contributed by atoms with Crippen molar-refractivity contribution in [2.24, 2.45) is 0 Å². The maximum atomic E-state index is 14.4. The number of nitriles is 1. The lowest BCUT2D eigenvalue weighted by atomic mass is 9.96. The Labute approximate surface area is 251 Å². The number of thiophene rings is 1. The van der Waals surface area contributed by atoms with Crippen LogP contribution in [-0.4, -0.2) is 42.6 Å². The summed E-state index contributed by atoms with van der Waals surface area (Å²) in [7, 11) is 0. The van der Waals surface area contributed by atoms with Gasteiger partial charge in [-0.2, -0.15) is 10.4 Å². The molecule has 0 saturated heterocycles. The Bertz CT molecular complexity index is 1790. The number of fused-ring (bicyclic) bond motifs is 1. The first-order valence-electron chi connectivity index (χ1n) is 14.1. The number of ether oxygens (including phenoxy) is 1. The number of halogens is 1. The summed E-state index contributed by atoms with van der Waals surface area (Å²) in [6.45, 7) is 8.48. The van der Waals surface area contributed by atoms with Crippen molar-refractivity contribution < 1.29 is 19.0 Å². The zero-order chi connectivity index (χ0) is 31.5. The number of rotatable bonds is 12. The minimum absolute atomic E-state index is 0.0155. The summed E-state index contributed by atoms with van der Waals surface area (Å²) < 4.78 is 24.2. The quantitative estimate of drug-likeness (QED) is 0.228. The molecule has 0 aliphatic carbocycles. The van der Waals surface area contributed by atoms with Gasteiger partial charge >= 0.3 is 5.69 Å². The average Bonchev–Trinajstić information content (AvgIpc) is 3.63. The van der Waals surface area contributed by atoms with Crippen LogP contribution >= 0.6 is 11.3 Å². The van der Waals surface area contributed by atoms with Gasteiger partial charge in [-0.05, 0) is 57.9 Å². The monoisotopic (exact) mass is 610 g/mol. The molecule has 0 bridgehead atoms. The number of hydrogen-bond donors (Lipinski definition) is 2. The number of phenolic OH excluding ortho intramolecular Hbond substituents is 1. The summed E-state index contributed by atoms with van der Waals surface area (Å²) in [6, 6.07) is 6.90. The molecule has 0 aliphatic rings. The molecule has 2 unspecified atom stereocenters. The van der Waals surface area contributed by atoms with Gasteiger partial charge in [0.2, 0.25) is 5.91 Å². The first-order valence-corrected chi connectivity index (χ1v) is 14.9. The highest BCUT2D eigenvalue weighted by atomic mass is 32.1. The van der Waals surface area contributed by atoms with E-state index in [4.69, 9.17) is 10.00 Å². The van der Waals surface area contributed by atoms with E-state index in [1.54, 1.807) is 43.9 Å². The second-order valence-corrected chi connectivity index (χ2v) is 11.6. The number of carbonyl (C=O) groups is 1. The third-order valence-corrected chi connectivity index (χ3v) is 9.08. The molecule has 1 amide bonds. The second kappa shape index (κ2) is 12.9. The first-order chi connectivity index (χ1) is 20.5. The van der Waals surface area contributed by atoms with Crippen molar-refractivity contribution in [1.82, 2.24) is 24.2 Å². The van der Waals surface area contributed by atoms with E-state index in [-0.39, 0.29) is 48.7 Å². The zero-order valence-corrected chi connectivity index (χ0v) is 25.6. The van der Waals surface area contributed by atoms with Gasteiger partial charge in [0, 0.05) is 29.6 Å². The Balaban J connectivity index is 2.03. The number of amides is 1. The number of hydrogen-bond acceptors (Lipinski definition) is 8. The molecule has 0 saturated carbocycles. The van der Waals surface area contributed by atoms with Crippen LogP contribution in [0.2, 0.25) is 0 Å². The second-order valence-electron chi connectivity index (χ2n) is 10.6. The molecule has 0 aliphatic heterocycles. The summed E-state index contributed by atoms with van der Waals surface area (Å²) in [5.74, 6) is -1.36. The Morgan fingerprint density at radius 1 is 1.33 bits per heavy atom. The van der Waals surface area contributed by atoms with Crippen LogP contribution in [0.25, 0.3) is 15.2 Å². The van der Waals surface area contributed by atoms with Crippen molar-refractivity contribution in [3.05, 3.63) is 74.4 Å². The maximum Gasteiger partial charge on any atom is 0.333 e. The zero-order valence-electron chi connectivity index (χ0n) is 24.8. The Morgan fingerprint density at radius 3 is 2.70 bits per heavy atom. The topological polar surface area (TPSA) is 144 Å². The average molecular weight is 611 g/mol. The van der Waals surface area contributed by atoms with E-state index in [0.29, 0.717) is 21.8 Å². The number of aryl methyl sites for hydroxylation is 1. The summed E-state index contributed by atoms with van der Waals surface area (Å²) in [5, 5.41) is 27.7. The largest absolute Gasteiger partial charge is 0.508 e. The SMILES string of the molecule is CCC(C)NC(=O)C(C)(CC)n1c(=O)c2c(C)c(-n3cccn3)sc2n(C[C@H](OCCC#N)c2cc(F)ccc2O)c1=O. The predicted octanol–water partition coefficient (Wildman–Crippen LogP) is 4.28. The van der Waals surface area contributed by atoms with Crippen LogP contribution in [-0.2, 0) is 21.6 Å². The predicted molar refractivity (Wildman–Crippen MR) is 161 cm³/mol. The lowest BCUT2D eigenvalue weighted by molar-refractivity contribution is -0.130. The molecule has 3 heterocycles. The van der Waals surface area contributed by atoms with Gasteiger partial charge in [0.25, 0.3) is 5.56 Å². The van der Waals surface area contributed by atoms with E-state index in [1.807, 2.05) is 19.9 Å². The number of aromatic nitrogens is 4. The molecule has 0 fully saturated rings. The maximum absolute atomic E-state index is 14.4. The number of phenols is 1. The summed E-state index contributed by atoms with van der Waals surface area (Å²) in [6.07, 6.45) is 3.04.